The smallest absolute Gasteiger partial charge is 0.322 e. The molecule has 172 valence electrons. The SMILES string of the molecule is COc1cccc(NC(=O)N2CCCCC2CN2CCC(Cc3ccc(F)cc3)CC2)c1. The van der Waals surface area contributed by atoms with Crippen LogP contribution in [0.2, 0.25) is 0 Å². The van der Waals surface area contributed by atoms with Crippen molar-refractivity contribution < 1.29 is 13.9 Å². The number of benzene rings is 2. The van der Waals surface area contributed by atoms with Gasteiger partial charge < -0.3 is 19.9 Å². The molecule has 4 rings (SSSR count). The molecule has 2 aliphatic rings. The van der Waals surface area contributed by atoms with Gasteiger partial charge in [0.2, 0.25) is 0 Å². The predicted octanol–water partition coefficient (Wildman–Crippen LogP) is 5.18. The van der Waals surface area contributed by atoms with Gasteiger partial charge in [-0.05, 0) is 87.4 Å². The molecule has 1 N–H and O–H groups in total. The third-order valence-electron chi connectivity index (χ3n) is 6.82. The van der Waals surface area contributed by atoms with E-state index in [2.05, 4.69) is 10.2 Å². The van der Waals surface area contributed by atoms with Crippen LogP contribution in [0.1, 0.15) is 37.7 Å². The quantitative estimate of drug-likeness (QED) is 0.675. The molecule has 2 aliphatic heterocycles. The number of likely N-dealkylation sites (tertiary alicyclic amines) is 2. The topological polar surface area (TPSA) is 44.8 Å². The number of halogens is 1. The molecule has 5 nitrogen and oxygen atoms in total. The summed E-state index contributed by atoms with van der Waals surface area (Å²) in [6.07, 6.45) is 6.62. The van der Waals surface area contributed by atoms with Crippen molar-refractivity contribution in [1.82, 2.24) is 9.80 Å². The van der Waals surface area contributed by atoms with Crippen LogP contribution in [-0.2, 0) is 6.42 Å². The Morgan fingerprint density at radius 2 is 1.84 bits per heavy atom. The van der Waals surface area contributed by atoms with Crippen molar-refractivity contribution in [1.29, 1.82) is 0 Å². The maximum absolute atomic E-state index is 13.1. The molecule has 2 aromatic rings. The highest BCUT2D eigenvalue weighted by molar-refractivity contribution is 5.89. The Hall–Kier alpha value is -2.60. The fourth-order valence-electron chi connectivity index (χ4n) is 4.98. The molecule has 0 saturated carbocycles. The molecule has 2 fully saturated rings. The average Bonchev–Trinajstić information content (AvgIpc) is 2.82. The second kappa shape index (κ2) is 10.8. The maximum Gasteiger partial charge on any atom is 0.322 e. The van der Waals surface area contributed by atoms with Gasteiger partial charge in [-0.3, -0.25) is 0 Å². The summed E-state index contributed by atoms with van der Waals surface area (Å²) in [7, 11) is 1.63. The summed E-state index contributed by atoms with van der Waals surface area (Å²) in [6.45, 7) is 3.87. The fraction of sp³-hybridized carbons (Fsp3) is 0.500. The fourth-order valence-corrected chi connectivity index (χ4v) is 4.98. The first-order chi connectivity index (χ1) is 15.6. The monoisotopic (exact) mass is 439 g/mol. The third kappa shape index (κ3) is 6.00. The normalized spacial score (nSPS) is 20.2. The van der Waals surface area contributed by atoms with E-state index in [-0.39, 0.29) is 17.9 Å². The van der Waals surface area contributed by atoms with E-state index in [0.717, 1.165) is 69.7 Å². The summed E-state index contributed by atoms with van der Waals surface area (Å²) in [5.41, 5.74) is 1.98. The Balaban J connectivity index is 1.28. The van der Waals surface area contributed by atoms with Crippen molar-refractivity contribution in [2.75, 3.05) is 38.6 Å². The lowest BCUT2D eigenvalue weighted by Crippen LogP contribution is -2.52. The van der Waals surface area contributed by atoms with E-state index in [1.54, 1.807) is 19.2 Å². The Kier molecular flexibility index (Phi) is 7.63. The van der Waals surface area contributed by atoms with E-state index in [9.17, 15) is 9.18 Å². The Bertz CT molecular complexity index is 881. The Labute approximate surface area is 190 Å². The molecule has 2 amide bonds. The number of amides is 2. The number of ether oxygens (including phenoxy) is 1. The van der Waals surface area contributed by atoms with Gasteiger partial charge in [-0.15, -0.1) is 0 Å². The molecule has 0 aromatic heterocycles. The molecular formula is C26H34FN3O2. The van der Waals surface area contributed by atoms with Crippen LogP contribution in [0.4, 0.5) is 14.9 Å². The molecule has 2 heterocycles. The van der Waals surface area contributed by atoms with E-state index in [1.807, 2.05) is 41.3 Å². The van der Waals surface area contributed by atoms with Crippen molar-refractivity contribution in [3.8, 4) is 5.75 Å². The Morgan fingerprint density at radius 3 is 2.59 bits per heavy atom. The number of rotatable bonds is 6. The molecule has 0 spiro atoms. The molecule has 32 heavy (non-hydrogen) atoms. The van der Waals surface area contributed by atoms with Crippen LogP contribution < -0.4 is 10.1 Å². The van der Waals surface area contributed by atoms with Crippen molar-refractivity contribution >= 4 is 11.7 Å². The summed E-state index contributed by atoms with van der Waals surface area (Å²) >= 11 is 0. The zero-order valence-electron chi connectivity index (χ0n) is 18.9. The van der Waals surface area contributed by atoms with Crippen LogP contribution in [0.15, 0.2) is 48.5 Å². The van der Waals surface area contributed by atoms with E-state index >= 15 is 0 Å². The first-order valence-corrected chi connectivity index (χ1v) is 11.8. The number of hydrogen-bond acceptors (Lipinski definition) is 3. The molecule has 2 aromatic carbocycles. The highest BCUT2D eigenvalue weighted by Crippen LogP contribution is 2.25. The van der Waals surface area contributed by atoms with Gasteiger partial charge in [0, 0.05) is 30.9 Å². The highest BCUT2D eigenvalue weighted by Gasteiger charge is 2.30. The minimum atomic E-state index is -0.170. The molecule has 1 unspecified atom stereocenters. The van der Waals surface area contributed by atoms with Gasteiger partial charge in [0.1, 0.15) is 11.6 Å². The number of anilines is 1. The predicted molar refractivity (Wildman–Crippen MR) is 126 cm³/mol. The zero-order chi connectivity index (χ0) is 22.3. The minimum absolute atomic E-state index is 0.0193. The standard InChI is InChI=1S/C26H34FN3O2/c1-32-25-7-4-5-23(18-25)28-26(31)30-14-3-2-6-24(30)19-29-15-12-21(13-16-29)17-20-8-10-22(27)11-9-20/h4-5,7-11,18,21,24H,2-3,6,12-17,19H2,1H3,(H,28,31). The molecule has 1 atom stereocenters. The molecule has 2 saturated heterocycles. The van der Waals surface area contributed by atoms with Crippen molar-refractivity contribution in [3.63, 3.8) is 0 Å². The number of hydrogen-bond donors (Lipinski definition) is 1. The van der Waals surface area contributed by atoms with Crippen LogP contribution in [0, 0.1) is 11.7 Å². The van der Waals surface area contributed by atoms with E-state index in [4.69, 9.17) is 4.74 Å². The zero-order valence-corrected chi connectivity index (χ0v) is 18.9. The summed E-state index contributed by atoms with van der Waals surface area (Å²) < 4.78 is 18.4. The van der Waals surface area contributed by atoms with Gasteiger partial charge in [-0.2, -0.15) is 0 Å². The van der Waals surface area contributed by atoms with Gasteiger partial charge in [0.25, 0.3) is 0 Å². The van der Waals surface area contributed by atoms with Crippen LogP contribution in [0.25, 0.3) is 0 Å². The number of carbonyl (C=O) groups is 1. The summed E-state index contributed by atoms with van der Waals surface area (Å²) in [4.78, 5) is 17.6. The van der Waals surface area contributed by atoms with Crippen molar-refractivity contribution in [2.45, 2.75) is 44.6 Å². The van der Waals surface area contributed by atoms with Gasteiger partial charge in [0.05, 0.1) is 7.11 Å². The van der Waals surface area contributed by atoms with Crippen molar-refractivity contribution in [2.24, 2.45) is 5.92 Å². The van der Waals surface area contributed by atoms with Gasteiger partial charge in [0.15, 0.2) is 0 Å². The molecule has 0 bridgehead atoms. The number of carbonyl (C=O) groups excluding carboxylic acids is 1. The lowest BCUT2D eigenvalue weighted by molar-refractivity contribution is 0.106. The Morgan fingerprint density at radius 1 is 1.06 bits per heavy atom. The van der Waals surface area contributed by atoms with Crippen LogP contribution in [-0.4, -0.2) is 55.2 Å². The molecular weight excluding hydrogens is 405 g/mol. The summed E-state index contributed by atoms with van der Waals surface area (Å²) in [6, 6.07) is 14.7. The second-order valence-electron chi connectivity index (χ2n) is 9.08. The second-order valence-corrected chi connectivity index (χ2v) is 9.08. The highest BCUT2D eigenvalue weighted by atomic mass is 19.1. The minimum Gasteiger partial charge on any atom is -0.497 e. The number of nitrogens with one attached hydrogen (secondary N) is 1. The largest absolute Gasteiger partial charge is 0.497 e. The number of methoxy groups -OCH3 is 1. The number of urea groups is 1. The van der Waals surface area contributed by atoms with Gasteiger partial charge in [-0.25, -0.2) is 9.18 Å². The van der Waals surface area contributed by atoms with Crippen LogP contribution in [0.5, 0.6) is 5.75 Å². The summed E-state index contributed by atoms with van der Waals surface area (Å²) in [5, 5.41) is 3.05. The first kappa shape index (κ1) is 22.6. The molecule has 0 radical (unpaired) electrons. The van der Waals surface area contributed by atoms with E-state index in [1.165, 1.54) is 12.0 Å². The van der Waals surface area contributed by atoms with Crippen molar-refractivity contribution in [3.05, 3.63) is 59.9 Å². The maximum atomic E-state index is 13.1. The van der Waals surface area contributed by atoms with Crippen LogP contribution in [0.3, 0.4) is 0 Å². The lowest BCUT2D eigenvalue weighted by atomic mass is 9.89. The lowest BCUT2D eigenvalue weighted by Gasteiger charge is -2.40. The number of nitrogens with zero attached hydrogens (tertiary/aromatic N) is 2. The van der Waals surface area contributed by atoms with E-state index in [0.29, 0.717) is 5.92 Å². The summed E-state index contributed by atoms with van der Waals surface area (Å²) in [5.74, 6) is 1.22. The van der Waals surface area contributed by atoms with E-state index < -0.39 is 0 Å². The molecule has 6 heteroatoms. The van der Waals surface area contributed by atoms with Crippen LogP contribution >= 0.6 is 0 Å². The first-order valence-electron chi connectivity index (χ1n) is 11.8. The third-order valence-corrected chi connectivity index (χ3v) is 6.82. The average molecular weight is 440 g/mol. The van der Waals surface area contributed by atoms with Gasteiger partial charge in [-0.1, -0.05) is 18.2 Å². The molecule has 0 aliphatic carbocycles. The number of piperidine rings is 2. The van der Waals surface area contributed by atoms with Gasteiger partial charge >= 0.3 is 6.03 Å².